The molecule has 0 amide bonds. The number of anilines is 1. The van der Waals surface area contributed by atoms with E-state index in [4.69, 9.17) is 10.4 Å². The molecular weight excluding hydrogens is 212 g/mol. The van der Waals surface area contributed by atoms with Crippen LogP contribution < -0.4 is 4.90 Å². The molecule has 1 aromatic carbocycles. The van der Waals surface area contributed by atoms with Gasteiger partial charge in [0, 0.05) is 18.8 Å². The highest BCUT2D eigenvalue weighted by Gasteiger charge is 2.03. The first-order valence-corrected chi connectivity index (χ1v) is 4.66. The number of para-hydroxylation sites is 1. The molecule has 0 saturated heterocycles. The normalized spacial score (nSPS) is 8.80. The predicted molar refractivity (Wildman–Crippen MR) is 63.2 cm³/mol. The van der Waals surface area contributed by atoms with Gasteiger partial charge in [-0.15, -0.1) is 12.4 Å². The molecule has 0 aliphatic carbocycles. The molecule has 0 spiro atoms. The average Bonchev–Trinajstić information content (AvgIpc) is 2.25. The summed E-state index contributed by atoms with van der Waals surface area (Å²) < 4.78 is 0. The molecule has 15 heavy (non-hydrogen) atoms. The Labute approximate surface area is 96.4 Å². The maximum Gasteiger partial charge on any atom is 0.0640 e. The number of nitrogens with zero attached hydrogens (tertiary/aromatic N) is 2. The minimum Gasteiger partial charge on any atom is -0.395 e. The van der Waals surface area contributed by atoms with Gasteiger partial charge in [0.2, 0.25) is 0 Å². The summed E-state index contributed by atoms with van der Waals surface area (Å²) in [5.74, 6) is 0. The van der Waals surface area contributed by atoms with Gasteiger partial charge in [-0.05, 0) is 12.1 Å². The molecule has 1 N–H and O–H groups in total. The Morgan fingerprint density at radius 2 is 1.87 bits per heavy atom. The molecule has 0 atom stereocenters. The van der Waals surface area contributed by atoms with Crippen molar-refractivity contribution in [1.82, 2.24) is 0 Å². The molecule has 0 fully saturated rings. The van der Waals surface area contributed by atoms with Gasteiger partial charge in [0.05, 0.1) is 19.1 Å². The van der Waals surface area contributed by atoms with E-state index in [1.807, 2.05) is 35.2 Å². The largest absolute Gasteiger partial charge is 0.395 e. The van der Waals surface area contributed by atoms with Crippen LogP contribution in [0.3, 0.4) is 0 Å². The number of benzene rings is 1. The van der Waals surface area contributed by atoms with Crippen LogP contribution in [0.15, 0.2) is 30.3 Å². The number of halogens is 1. The lowest BCUT2D eigenvalue weighted by atomic mass is 10.2. The van der Waals surface area contributed by atoms with Crippen molar-refractivity contribution < 1.29 is 5.11 Å². The third kappa shape index (κ3) is 4.68. The summed E-state index contributed by atoms with van der Waals surface area (Å²) in [6.45, 7) is 1.35. The Bertz CT molecular complexity index is 297. The Kier molecular flexibility index (Phi) is 7.43. The van der Waals surface area contributed by atoms with Crippen molar-refractivity contribution in [1.29, 1.82) is 5.26 Å². The molecule has 82 valence electrons. The van der Waals surface area contributed by atoms with Gasteiger partial charge in [-0.2, -0.15) is 5.26 Å². The summed E-state index contributed by atoms with van der Waals surface area (Å²) in [6, 6.07) is 11.9. The van der Waals surface area contributed by atoms with E-state index >= 15 is 0 Å². The number of hydrogen-bond donors (Lipinski definition) is 1. The molecule has 3 nitrogen and oxygen atoms in total. The van der Waals surface area contributed by atoms with E-state index in [0.29, 0.717) is 19.5 Å². The first-order valence-electron chi connectivity index (χ1n) is 4.66. The standard InChI is InChI=1S/C11H14N2O.ClH/c12-7-4-8-13(9-10-14)11-5-2-1-3-6-11;/h1-3,5-6,14H,4,8-10H2;1H. The lowest BCUT2D eigenvalue weighted by molar-refractivity contribution is 0.302. The minimum absolute atomic E-state index is 0. The molecule has 0 unspecified atom stereocenters. The molecule has 4 heteroatoms. The van der Waals surface area contributed by atoms with Crippen LogP contribution in [-0.2, 0) is 0 Å². The van der Waals surface area contributed by atoms with Gasteiger partial charge >= 0.3 is 0 Å². The number of hydrogen-bond acceptors (Lipinski definition) is 3. The Morgan fingerprint density at radius 3 is 2.40 bits per heavy atom. The number of aliphatic hydroxyl groups excluding tert-OH is 1. The van der Waals surface area contributed by atoms with E-state index in [0.717, 1.165) is 5.69 Å². The Morgan fingerprint density at radius 1 is 1.20 bits per heavy atom. The van der Waals surface area contributed by atoms with Gasteiger partial charge in [0.15, 0.2) is 0 Å². The van der Waals surface area contributed by atoms with Crippen molar-refractivity contribution in [2.24, 2.45) is 0 Å². The van der Waals surface area contributed by atoms with E-state index in [2.05, 4.69) is 6.07 Å². The van der Waals surface area contributed by atoms with Crippen LogP contribution in [0.2, 0.25) is 0 Å². The first-order chi connectivity index (χ1) is 6.88. The molecular formula is C11H15ClN2O. The van der Waals surface area contributed by atoms with Crippen molar-refractivity contribution in [3.05, 3.63) is 30.3 Å². The quantitative estimate of drug-likeness (QED) is 0.833. The Hall–Kier alpha value is -1.24. The number of aliphatic hydroxyl groups is 1. The van der Waals surface area contributed by atoms with Crippen LogP contribution in [0, 0.1) is 11.3 Å². The van der Waals surface area contributed by atoms with Gasteiger partial charge in [-0.25, -0.2) is 0 Å². The highest BCUT2D eigenvalue weighted by Crippen LogP contribution is 2.12. The third-order valence-electron chi connectivity index (χ3n) is 1.98. The summed E-state index contributed by atoms with van der Waals surface area (Å²) in [4.78, 5) is 2.00. The van der Waals surface area contributed by atoms with Gasteiger partial charge in [0.25, 0.3) is 0 Å². The maximum absolute atomic E-state index is 8.87. The van der Waals surface area contributed by atoms with Crippen LogP contribution >= 0.6 is 12.4 Å². The van der Waals surface area contributed by atoms with Crippen molar-refractivity contribution in [2.45, 2.75) is 6.42 Å². The molecule has 0 aliphatic heterocycles. The lowest BCUT2D eigenvalue weighted by Crippen LogP contribution is -2.27. The topological polar surface area (TPSA) is 47.3 Å². The first kappa shape index (κ1) is 13.8. The molecule has 0 aliphatic rings. The predicted octanol–water partition coefficient (Wildman–Crippen LogP) is 1.82. The molecule has 0 saturated carbocycles. The van der Waals surface area contributed by atoms with Gasteiger partial charge in [-0.1, -0.05) is 18.2 Å². The van der Waals surface area contributed by atoms with Crippen LogP contribution in [0.25, 0.3) is 0 Å². The second kappa shape index (κ2) is 8.10. The number of rotatable bonds is 5. The molecule has 1 rings (SSSR count). The average molecular weight is 227 g/mol. The van der Waals surface area contributed by atoms with E-state index in [1.165, 1.54) is 0 Å². The van der Waals surface area contributed by atoms with Gasteiger partial charge < -0.3 is 10.0 Å². The third-order valence-corrected chi connectivity index (χ3v) is 1.98. The van der Waals surface area contributed by atoms with E-state index in [1.54, 1.807) is 0 Å². The maximum atomic E-state index is 8.87. The lowest BCUT2D eigenvalue weighted by Gasteiger charge is -2.22. The molecule has 0 radical (unpaired) electrons. The van der Waals surface area contributed by atoms with Crippen LogP contribution in [-0.4, -0.2) is 24.8 Å². The highest BCUT2D eigenvalue weighted by atomic mass is 35.5. The van der Waals surface area contributed by atoms with Crippen LogP contribution in [0.1, 0.15) is 6.42 Å². The summed E-state index contributed by atoms with van der Waals surface area (Å²) in [5.41, 5.74) is 1.05. The zero-order chi connectivity index (χ0) is 10.2. The monoisotopic (exact) mass is 226 g/mol. The van der Waals surface area contributed by atoms with Crippen molar-refractivity contribution in [3.8, 4) is 6.07 Å². The summed E-state index contributed by atoms with van der Waals surface area (Å²) in [6.07, 6.45) is 0.481. The number of nitriles is 1. The molecule has 1 aromatic rings. The summed E-state index contributed by atoms with van der Waals surface area (Å²) in [7, 11) is 0. The minimum atomic E-state index is 0. The smallest absolute Gasteiger partial charge is 0.0640 e. The van der Waals surface area contributed by atoms with E-state index in [-0.39, 0.29) is 19.0 Å². The van der Waals surface area contributed by atoms with E-state index in [9.17, 15) is 0 Å². The van der Waals surface area contributed by atoms with Crippen molar-refractivity contribution in [3.63, 3.8) is 0 Å². The van der Waals surface area contributed by atoms with Gasteiger partial charge in [0.1, 0.15) is 0 Å². The van der Waals surface area contributed by atoms with Crippen LogP contribution in [0.5, 0.6) is 0 Å². The summed E-state index contributed by atoms with van der Waals surface area (Å²) >= 11 is 0. The highest BCUT2D eigenvalue weighted by molar-refractivity contribution is 5.85. The molecule has 0 heterocycles. The van der Waals surface area contributed by atoms with Gasteiger partial charge in [-0.3, -0.25) is 0 Å². The second-order valence-corrected chi connectivity index (χ2v) is 2.95. The Balaban J connectivity index is 0.00000196. The SMILES string of the molecule is Cl.N#CCCN(CCO)c1ccccc1. The fourth-order valence-electron chi connectivity index (χ4n) is 1.31. The fourth-order valence-corrected chi connectivity index (χ4v) is 1.31. The van der Waals surface area contributed by atoms with E-state index < -0.39 is 0 Å². The van der Waals surface area contributed by atoms with Crippen molar-refractivity contribution in [2.75, 3.05) is 24.6 Å². The molecule has 0 aromatic heterocycles. The second-order valence-electron chi connectivity index (χ2n) is 2.95. The fraction of sp³-hybridized carbons (Fsp3) is 0.364. The van der Waals surface area contributed by atoms with Crippen molar-refractivity contribution >= 4 is 18.1 Å². The zero-order valence-electron chi connectivity index (χ0n) is 8.47. The zero-order valence-corrected chi connectivity index (χ0v) is 9.28. The van der Waals surface area contributed by atoms with Crippen LogP contribution in [0.4, 0.5) is 5.69 Å². The molecule has 0 bridgehead atoms. The summed E-state index contributed by atoms with van der Waals surface area (Å²) in [5, 5.41) is 17.4.